The van der Waals surface area contributed by atoms with Crippen LogP contribution < -0.4 is 4.90 Å². The molecule has 0 spiro atoms. The first-order valence-electron chi connectivity index (χ1n) is 14.7. The second-order valence-electron chi connectivity index (χ2n) is 11.4. The molecule has 6 rings (SSSR count). The smallest absolute Gasteiger partial charge is 0.354 e. The monoisotopic (exact) mass is 554 g/mol. The van der Waals surface area contributed by atoms with Gasteiger partial charge in [0.05, 0.1) is 43.0 Å². The van der Waals surface area contributed by atoms with Crippen LogP contribution in [-0.2, 0) is 16.1 Å². The number of carboxylic acids is 1. The summed E-state index contributed by atoms with van der Waals surface area (Å²) in [4.78, 5) is 19.3. The van der Waals surface area contributed by atoms with Crippen molar-refractivity contribution < 1.29 is 19.4 Å². The minimum atomic E-state index is -1.04. The van der Waals surface area contributed by atoms with Crippen molar-refractivity contribution in [1.82, 2.24) is 14.8 Å². The molecule has 4 aromatic rings. The molecule has 2 unspecified atom stereocenters. The molecule has 2 aromatic heterocycles. The number of nitrogens with zero attached hydrogens (tertiary/aromatic N) is 4. The van der Waals surface area contributed by atoms with Gasteiger partial charge in [-0.15, -0.1) is 0 Å². The SMILES string of the molecule is CC(C)c1nn(C2CCCC(OCc3ccccc3)C2)c2nc(C(=O)O)cc(-c3ccc(N4CCOCC4)cc3)c12. The summed E-state index contributed by atoms with van der Waals surface area (Å²) in [5.41, 5.74) is 5.77. The van der Waals surface area contributed by atoms with Crippen LogP contribution in [-0.4, -0.2) is 58.2 Å². The molecule has 1 N–H and O–H groups in total. The third-order valence-electron chi connectivity index (χ3n) is 8.28. The number of aromatic carboxylic acids is 1. The highest BCUT2D eigenvalue weighted by Gasteiger charge is 2.29. The second kappa shape index (κ2) is 12.0. The van der Waals surface area contributed by atoms with Gasteiger partial charge in [-0.3, -0.25) is 0 Å². The van der Waals surface area contributed by atoms with Crippen LogP contribution in [0.5, 0.6) is 0 Å². The normalized spacial score (nSPS) is 19.6. The lowest BCUT2D eigenvalue weighted by molar-refractivity contribution is 0.00313. The first-order valence-corrected chi connectivity index (χ1v) is 14.7. The zero-order valence-electron chi connectivity index (χ0n) is 23.8. The third kappa shape index (κ3) is 5.85. The van der Waals surface area contributed by atoms with Crippen LogP contribution in [0.4, 0.5) is 5.69 Å². The Balaban J connectivity index is 1.36. The van der Waals surface area contributed by atoms with Gasteiger partial charge in [0, 0.05) is 18.8 Å². The minimum Gasteiger partial charge on any atom is -0.477 e. The van der Waals surface area contributed by atoms with Crippen LogP contribution in [0.15, 0.2) is 60.7 Å². The van der Waals surface area contributed by atoms with Crippen molar-refractivity contribution >= 4 is 22.7 Å². The number of fused-ring (bicyclic) bond motifs is 1. The molecule has 1 saturated heterocycles. The van der Waals surface area contributed by atoms with Crippen molar-refractivity contribution in [2.75, 3.05) is 31.2 Å². The van der Waals surface area contributed by atoms with Gasteiger partial charge >= 0.3 is 5.97 Å². The highest BCUT2D eigenvalue weighted by atomic mass is 16.5. The highest BCUT2D eigenvalue weighted by molar-refractivity contribution is 6.00. The fraction of sp³-hybridized carbons (Fsp3) is 0.424. The molecule has 2 aromatic carbocycles. The maximum absolute atomic E-state index is 12.3. The summed E-state index contributed by atoms with van der Waals surface area (Å²) >= 11 is 0. The van der Waals surface area contributed by atoms with Crippen LogP contribution in [0.1, 0.15) is 73.2 Å². The van der Waals surface area contributed by atoms with Crippen LogP contribution in [0.25, 0.3) is 22.2 Å². The molecular weight excluding hydrogens is 516 g/mol. The lowest BCUT2D eigenvalue weighted by atomic mass is 9.92. The molecule has 8 nitrogen and oxygen atoms in total. The van der Waals surface area contributed by atoms with Gasteiger partial charge in [-0.05, 0) is 66.5 Å². The van der Waals surface area contributed by atoms with Gasteiger partial charge in [-0.1, -0.05) is 56.3 Å². The standard InChI is InChI=1S/C33H38N4O4/c1-22(2)31-30-28(24-11-13-25(14-12-24)36-15-17-40-18-16-36)20-29(33(38)39)34-32(30)37(35-31)26-9-6-10-27(19-26)41-21-23-7-4-3-5-8-23/h3-5,7-8,11-14,20,22,26-27H,6,9-10,15-19,21H2,1-2H3,(H,38,39). The Kier molecular flexibility index (Phi) is 8.03. The molecule has 1 saturated carbocycles. The quantitative estimate of drug-likeness (QED) is 0.267. The van der Waals surface area contributed by atoms with E-state index in [0.29, 0.717) is 12.3 Å². The maximum Gasteiger partial charge on any atom is 0.354 e. The Labute approximate surface area is 240 Å². The Hall–Kier alpha value is -3.75. The van der Waals surface area contributed by atoms with E-state index in [4.69, 9.17) is 14.6 Å². The van der Waals surface area contributed by atoms with Crippen molar-refractivity contribution in [1.29, 1.82) is 0 Å². The fourth-order valence-corrected chi connectivity index (χ4v) is 6.11. The van der Waals surface area contributed by atoms with E-state index in [2.05, 4.69) is 60.1 Å². The molecule has 1 aliphatic heterocycles. The molecule has 214 valence electrons. The number of carboxylic acid groups (broad SMARTS) is 1. The number of aromatic nitrogens is 3. The van der Waals surface area contributed by atoms with Crippen LogP contribution in [0, 0.1) is 0 Å². The molecule has 41 heavy (non-hydrogen) atoms. The van der Waals surface area contributed by atoms with Crippen molar-refractivity contribution in [3.63, 3.8) is 0 Å². The summed E-state index contributed by atoms with van der Waals surface area (Å²) in [6.45, 7) is 8.04. The average Bonchev–Trinajstić information content (AvgIpc) is 3.41. The minimum absolute atomic E-state index is 0.0360. The largest absolute Gasteiger partial charge is 0.477 e. The number of benzene rings is 2. The summed E-state index contributed by atoms with van der Waals surface area (Å²) in [7, 11) is 0. The van der Waals surface area contributed by atoms with Crippen LogP contribution >= 0.6 is 0 Å². The van der Waals surface area contributed by atoms with Crippen molar-refractivity contribution in [3.05, 3.63) is 77.6 Å². The van der Waals surface area contributed by atoms with Gasteiger partial charge in [0.2, 0.25) is 0 Å². The van der Waals surface area contributed by atoms with Gasteiger partial charge < -0.3 is 19.5 Å². The Morgan fingerprint density at radius 2 is 1.83 bits per heavy atom. The van der Waals surface area contributed by atoms with Crippen molar-refractivity contribution in [3.8, 4) is 11.1 Å². The van der Waals surface area contributed by atoms with E-state index in [1.54, 1.807) is 6.07 Å². The van der Waals surface area contributed by atoms with Gasteiger partial charge in [0.25, 0.3) is 0 Å². The van der Waals surface area contributed by atoms with E-state index in [9.17, 15) is 9.90 Å². The van der Waals surface area contributed by atoms with E-state index in [-0.39, 0.29) is 23.8 Å². The first kappa shape index (κ1) is 27.4. The molecular formula is C33H38N4O4. The van der Waals surface area contributed by atoms with Crippen LogP contribution in [0.3, 0.4) is 0 Å². The Morgan fingerprint density at radius 1 is 1.07 bits per heavy atom. The van der Waals surface area contributed by atoms with E-state index in [0.717, 1.165) is 79.9 Å². The zero-order chi connectivity index (χ0) is 28.3. The number of anilines is 1. The molecule has 0 radical (unpaired) electrons. The number of rotatable bonds is 8. The summed E-state index contributed by atoms with van der Waals surface area (Å²) in [5.74, 6) is -0.888. The number of ether oxygens (including phenoxy) is 2. The summed E-state index contributed by atoms with van der Waals surface area (Å²) in [6.07, 6.45) is 3.93. The Bertz CT molecular complexity index is 1490. The number of carbonyl (C=O) groups is 1. The zero-order valence-corrected chi connectivity index (χ0v) is 23.8. The summed E-state index contributed by atoms with van der Waals surface area (Å²) < 4.78 is 13.8. The van der Waals surface area contributed by atoms with E-state index < -0.39 is 5.97 Å². The van der Waals surface area contributed by atoms with Gasteiger partial charge in [-0.25, -0.2) is 14.5 Å². The van der Waals surface area contributed by atoms with Crippen molar-refractivity contribution in [2.45, 2.75) is 64.2 Å². The predicted molar refractivity (Wildman–Crippen MR) is 160 cm³/mol. The lowest BCUT2D eigenvalue weighted by Gasteiger charge is -2.29. The molecule has 0 amide bonds. The Morgan fingerprint density at radius 3 is 2.54 bits per heavy atom. The highest BCUT2D eigenvalue weighted by Crippen LogP contribution is 2.39. The number of morpholine rings is 1. The van der Waals surface area contributed by atoms with Gasteiger partial charge in [0.1, 0.15) is 0 Å². The topological polar surface area (TPSA) is 89.7 Å². The number of hydrogen-bond acceptors (Lipinski definition) is 6. The third-order valence-corrected chi connectivity index (χ3v) is 8.28. The van der Waals surface area contributed by atoms with E-state index >= 15 is 0 Å². The molecule has 8 heteroatoms. The molecule has 3 heterocycles. The molecule has 2 atom stereocenters. The molecule has 2 aliphatic rings. The van der Waals surface area contributed by atoms with Gasteiger partial charge in [0.15, 0.2) is 11.3 Å². The summed E-state index contributed by atoms with van der Waals surface area (Å²) in [5, 5.41) is 16.1. The first-order chi connectivity index (χ1) is 20.0. The second-order valence-corrected chi connectivity index (χ2v) is 11.4. The predicted octanol–water partition coefficient (Wildman–Crippen LogP) is 6.46. The number of pyridine rings is 1. The lowest BCUT2D eigenvalue weighted by Crippen LogP contribution is -2.36. The van der Waals surface area contributed by atoms with Crippen molar-refractivity contribution in [2.24, 2.45) is 0 Å². The van der Waals surface area contributed by atoms with Crippen LogP contribution in [0.2, 0.25) is 0 Å². The summed E-state index contributed by atoms with van der Waals surface area (Å²) in [6, 6.07) is 20.4. The van der Waals surface area contributed by atoms with Gasteiger partial charge in [-0.2, -0.15) is 5.10 Å². The van der Waals surface area contributed by atoms with E-state index in [1.165, 1.54) is 5.56 Å². The molecule has 2 fully saturated rings. The fourth-order valence-electron chi connectivity index (χ4n) is 6.11. The average molecular weight is 555 g/mol. The number of hydrogen-bond donors (Lipinski definition) is 1. The van der Waals surface area contributed by atoms with E-state index in [1.807, 2.05) is 22.9 Å². The molecule has 1 aliphatic carbocycles. The molecule has 0 bridgehead atoms. The maximum atomic E-state index is 12.3.